The summed E-state index contributed by atoms with van der Waals surface area (Å²) in [4.78, 5) is 38.3. The van der Waals surface area contributed by atoms with Gasteiger partial charge in [-0.05, 0) is 17.7 Å². The average Bonchev–Trinajstić information content (AvgIpc) is 2.73. The Bertz CT molecular complexity index is 1020. The Morgan fingerprint density at radius 3 is 2.45 bits per heavy atom. The van der Waals surface area contributed by atoms with Crippen molar-refractivity contribution < 1.29 is 24.4 Å². The Hall–Kier alpha value is -4.27. The molecule has 0 fully saturated rings. The van der Waals surface area contributed by atoms with E-state index in [1.165, 1.54) is 24.4 Å². The Morgan fingerprint density at radius 1 is 1.07 bits per heavy atom. The van der Waals surface area contributed by atoms with Gasteiger partial charge in [0.2, 0.25) is 5.88 Å². The number of nitro benzene ring substituents is 1. The number of carbonyl (C=O) groups is 2. The first kappa shape index (κ1) is 19.5. The fourth-order valence-corrected chi connectivity index (χ4v) is 2.57. The predicted octanol–water partition coefficient (Wildman–Crippen LogP) is 3.52. The molecule has 3 rings (SSSR count). The van der Waals surface area contributed by atoms with Gasteiger partial charge in [0, 0.05) is 12.1 Å². The van der Waals surface area contributed by atoms with Crippen LogP contribution in [-0.2, 0) is 6.61 Å². The molecule has 29 heavy (non-hydrogen) atoms. The van der Waals surface area contributed by atoms with Gasteiger partial charge in [0.05, 0.1) is 22.4 Å². The Morgan fingerprint density at radius 2 is 1.83 bits per heavy atom. The molecule has 0 saturated heterocycles. The van der Waals surface area contributed by atoms with Crippen LogP contribution in [0.2, 0.25) is 0 Å². The molecule has 0 aliphatic carbocycles. The van der Waals surface area contributed by atoms with Crippen LogP contribution in [0.4, 0.5) is 11.4 Å². The highest BCUT2D eigenvalue weighted by Gasteiger charge is 2.27. The maximum absolute atomic E-state index is 12.5. The minimum Gasteiger partial charge on any atom is -0.478 e. The highest BCUT2D eigenvalue weighted by atomic mass is 16.6. The highest BCUT2D eigenvalue weighted by molar-refractivity contribution is 6.13. The summed E-state index contributed by atoms with van der Waals surface area (Å²) in [6.07, 6.45) is 1.31. The van der Waals surface area contributed by atoms with Crippen molar-refractivity contribution in [1.82, 2.24) is 4.98 Å². The summed E-state index contributed by atoms with van der Waals surface area (Å²) in [5.74, 6) is -2.04. The molecule has 1 heterocycles. The number of aromatic nitrogens is 1. The summed E-state index contributed by atoms with van der Waals surface area (Å²) in [6, 6.07) is 15.9. The lowest BCUT2D eigenvalue weighted by molar-refractivity contribution is -0.385. The van der Waals surface area contributed by atoms with Crippen LogP contribution in [0.15, 0.2) is 66.9 Å². The van der Waals surface area contributed by atoms with Gasteiger partial charge in [-0.1, -0.05) is 36.4 Å². The number of rotatable bonds is 7. The molecule has 0 aliphatic rings. The molecular weight excluding hydrogens is 378 g/mol. The average molecular weight is 393 g/mol. The van der Waals surface area contributed by atoms with Crippen LogP contribution in [0, 0.1) is 10.1 Å². The van der Waals surface area contributed by atoms with Gasteiger partial charge in [-0.15, -0.1) is 0 Å². The van der Waals surface area contributed by atoms with Gasteiger partial charge in [-0.2, -0.15) is 0 Å². The van der Waals surface area contributed by atoms with Gasteiger partial charge in [0.1, 0.15) is 12.2 Å². The lowest BCUT2D eigenvalue weighted by Gasteiger charge is -2.09. The molecule has 2 aromatic carbocycles. The normalized spacial score (nSPS) is 10.2. The molecular formula is C20H15N3O6. The third-order valence-corrected chi connectivity index (χ3v) is 3.92. The van der Waals surface area contributed by atoms with E-state index in [1.54, 1.807) is 0 Å². The number of benzene rings is 2. The largest absolute Gasteiger partial charge is 0.478 e. The first-order chi connectivity index (χ1) is 14.0. The van der Waals surface area contributed by atoms with Crippen molar-refractivity contribution >= 4 is 23.3 Å². The van der Waals surface area contributed by atoms with E-state index in [0.717, 1.165) is 17.7 Å². The van der Waals surface area contributed by atoms with Gasteiger partial charge in [0.25, 0.3) is 11.6 Å². The maximum atomic E-state index is 12.5. The molecule has 3 aromatic rings. The molecule has 0 radical (unpaired) electrons. The standard InChI is InChI=1S/C20H15N3O6/c24-19(18-15(20(25)26)7-4-8-16(18)23(27)28)22-14-9-10-17(21-11-14)29-12-13-5-2-1-3-6-13/h1-11H,12H2,(H,22,24)(H,25,26). The molecule has 146 valence electrons. The van der Waals surface area contributed by atoms with Crippen LogP contribution in [0.3, 0.4) is 0 Å². The number of carbonyl (C=O) groups excluding carboxylic acids is 1. The van der Waals surface area contributed by atoms with Gasteiger partial charge in [-0.3, -0.25) is 14.9 Å². The van der Waals surface area contributed by atoms with E-state index in [1.807, 2.05) is 30.3 Å². The predicted molar refractivity (Wildman–Crippen MR) is 103 cm³/mol. The van der Waals surface area contributed by atoms with Crippen LogP contribution >= 0.6 is 0 Å². The van der Waals surface area contributed by atoms with Crippen molar-refractivity contribution in [3.63, 3.8) is 0 Å². The quantitative estimate of drug-likeness (QED) is 0.464. The highest BCUT2D eigenvalue weighted by Crippen LogP contribution is 2.24. The summed E-state index contributed by atoms with van der Waals surface area (Å²) >= 11 is 0. The number of ether oxygens (including phenoxy) is 1. The smallest absolute Gasteiger partial charge is 0.336 e. The molecule has 9 heteroatoms. The number of hydrogen-bond acceptors (Lipinski definition) is 6. The number of pyridine rings is 1. The summed E-state index contributed by atoms with van der Waals surface area (Å²) < 4.78 is 5.55. The molecule has 0 aliphatic heterocycles. The van der Waals surface area contributed by atoms with Crippen molar-refractivity contribution in [2.45, 2.75) is 6.61 Å². The van der Waals surface area contributed by atoms with Crippen LogP contribution in [0.5, 0.6) is 5.88 Å². The van der Waals surface area contributed by atoms with Crippen LogP contribution in [0.1, 0.15) is 26.3 Å². The summed E-state index contributed by atoms with van der Waals surface area (Å²) in [5.41, 5.74) is -0.402. The van der Waals surface area contributed by atoms with Crippen molar-refractivity contribution in [3.8, 4) is 5.88 Å². The van der Waals surface area contributed by atoms with E-state index in [0.29, 0.717) is 12.5 Å². The van der Waals surface area contributed by atoms with E-state index in [2.05, 4.69) is 10.3 Å². The Labute approximate surface area is 164 Å². The van der Waals surface area contributed by atoms with Crippen LogP contribution < -0.4 is 10.1 Å². The number of nitrogens with zero attached hydrogens (tertiary/aromatic N) is 2. The number of anilines is 1. The second-order valence-corrected chi connectivity index (χ2v) is 5.88. The monoisotopic (exact) mass is 393 g/mol. The summed E-state index contributed by atoms with van der Waals surface area (Å²) in [5, 5.41) is 22.9. The van der Waals surface area contributed by atoms with Crippen molar-refractivity contribution in [2.24, 2.45) is 0 Å². The molecule has 0 unspecified atom stereocenters. The molecule has 0 bridgehead atoms. The molecule has 1 amide bonds. The SMILES string of the molecule is O=C(O)c1cccc([N+](=O)[O-])c1C(=O)Nc1ccc(OCc2ccccc2)nc1. The zero-order valence-electron chi connectivity index (χ0n) is 14.9. The lowest BCUT2D eigenvalue weighted by Crippen LogP contribution is -2.18. The van der Waals surface area contributed by atoms with Crippen LogP contribution in [-0.4, -0.2) is 26.9 Å². The zero-order valence-corrected chi connectivity index (χ0v) is 14.9. The van der Waals surface area contributed by atoms with Gasteiger partial charge in [-0.25, -0.2) is 9.78 Å². The third kappa shape index (κ3) is 4.72. The fraction of sp³-hybridized carbons (Fsp3) is 0.0500. The maximum Gasteiger partial charge on any atom is 0.336 e. The molecule has 0 atom stereocenters. The Balaban J connectivity index is 1.74. The third-order valence-electron chi connectivity index (χ3n) is 3.92. The second-order valence-electron chi connectivity index (χ2n) is 5.88. The number of aromatic carboxylic acids is 1. The first-order valence-corrected chi connectivity index (χ1v) is 8.40. The van der Waals surface area contributed by atoms with E-state index in [9.17, 15) is 24.8 Å². The van der Waals surface area contributed by atoms with E-state index in [-0.39, 0.29) is 5.69 Å². The number of nitrogens with one attached hydrogen (secondary N) is 1. The number of amides is 1. The Kier molecular flexibility index (Phi) is 5.79. The number of nitro groups is 1. The molecule has 2 N–H and O–H groups in total. The van der Waals surface area contributed by atoms with Gasteiger partial charge >= 0.3 is 5.97 Å². The zero-order chi connectivity index (χ0) is 20.8. The van der Waals surface area contributed by atoms with Crippen LogP contribution in [0.25, 0.3) is 0 Å². The minimum atomic E-state index is -1.44. The first-order valence-electron chi connectivity index (χ1n) is 8.40. The minimum absolute atomic E-state index is 0.233. The molecule has 9 nitrogen and oxygen atoms in total. The van der Waals surface area contributed by atoms with Gasteiger partial charge in [0.15, 0.2) is 0 Å². The van der Waals surface area contributed by atoms with E-state index >= 15 is 0 Å². The van der Waals surface area contributed by atoms with Gasteiger partial charge < -0.3 is 15.2 Å². The van der Waals surface area contributed by atoms with Crippen molar-refractivity contribution in [3.05, 3.63) is 93.7 Å². The summed E-state index contributed by atoms with van der Waals surface area (Å²) in [6.45, 7) is 0.317. The lowest BCUT2D eigenvalue weighted by atomic mass is 10.0. The van der Waals surface area contributed by atoms with Crippen molar-refractivity contribution in [1.29, 1.82) is 0 Å². The summed E-state index contributed by atoms with van der Waals surface area (Å²) in [7, 11) is 0. The fourth-order valence-electron chi connectivity index (χ4n) is 2.57. The molecule has 0 spiro atoms. The molecule has 1 aromatic heterocycles. The number of carboxylic acid groups (broad SMARTS) is 1. The van der Waals surface area contributed by atoms with Crippen molar-refractivity contribution in [2.75, 3.05) is 5.32 Å². The van der Waals surface area contributed by atoms with E-state index < -0.39 is 33.6 Å². The number of carboxylic acids is 1. The second kappa shape index (κ2) is 8.61. The molecule has 0 saturated carbocycles. The number of hydrogen-bond donors (Lipinski definition) is 2. The topological polar surface area (TPSA) is 132 Å². The van der Waals surface area contributed by atoms with E-state index in [4.69, 9.17) is 4.74 Å².